The van der Waals surface area contributed by atoms with Gasteiger partial charge in [0.1, 0.15) is 0 Å². The lowest BCUT2D eigenvalue weighted by molar-refractivity contribution is -0.149. The van der Waals surface area contributed by atoms with Gasteiger partial charge >= 0.3 is 12.6 Å². The fraction of sp³-hybridized carbons (Fsp3) is 0.522. The molecule has 1 saturated heterocycles. The maximum atomic E-state index is 13.3. The third-order valence-electron chi connectivity index (χ3n) is 5.58. The third kappa shape index (κ3) is 6.25. The van der Waals surface area contributed by atoms with Gasteiger partial charge < -0.3 is 29.3 Å². The Bertz CT molecular complexity index is 1070. The molecule has 2 aromatic rings. The number of oxazole rings is 1. The van der Waals surface area contributed by atoms with Crippen LogP contribution in [-0.2, 0) is 9.53 Å². The first-order valence-corrected chi connectivity index (χ1v) is 11.4. The van der Waals surface area contributed by atoms with Crippen molar-refractivity contribution in [3.8, 4) is 23.0 Å². The standard InChI is InChI=1S/C23H28F2N4O6/c1-12(26)20-19(22(31)29-8-7-27-18(10-29)33-13(2)30)28-21(35-20)15-5-6-16(34-23(24)25)17(9-15)32-11-14-3-4-14/h5-6,9,12,14,18,23,27H,3-4,7-8,10-11,26H2,1-2H3/t12-,18?/m0/s1. The minimum absolute atomic E-state index is 0.0341. The van der Waals surface area contributed by atoms with Crippen LogP contribution in [0, 0.1) is 5.92 Å². The number of carbonyl (C=O) groups excluding carboxylic acids is 2. The van der Waals surface area contributed by atoms with Gasteiger partial charge in [0.2, 0.25) is 5.89 Å². The molecule has 0 spiro atoms. The van der Waals surface area contributed by atoms with E-state index in [4.69, 9.17) is 19.6 Å². The summed E-state index contributed by atoms with van der Waals surface area (Å²) < 4.78 is 47.0. The first-order chi connectivity index (χ1) is 16.7. The normalized spacial score (nSPS) is 18.9. The molecular weight excluding hydrogens is 466 g/mol. The molecule has 2 aliphatic rings. The van der Waals surface area contributed by atoms with Gasteiger partial charge in [0, 0.05) is 25.6 Å². The number of piperazine rings is 1. The molecule has 1 amide bonds. The minimum Gasteiger partial charge on any atom is -0.489 e. The number of nitrogens with zero attached hydrogens (tertiary/aromatic N) is 2. The summed E-state index contributed by atoms with van der Waals surface area (Å²) in [5.74, 6) is -0.187. The number of nitrogens with one attached hydrogen (secondary N) is 1. The Balaban J connectivity index is 1.60. The molecule has 12 heteroatoms. The average molecular weight is 494 g/mol. The minimum atomic E-state index is -3.00. The van der Waals surface area contributed by atoms with Crippen LogP contribution in [0.2, 0.25) is 0 Å². The Labute approximate surface area is 200 Å². The highest BCUT2D eigenvalue weighted by Gasteiger charge is 2.31. The number of esters is 1. The Morgan fingerprint density at radius 2 is 2.09 bits per heavy atom. The van der Waals surface area contributed by atoms with E-state index in [-0.39, 0.29) is 35.4 Å². The van der Waals surface area contributed by atoms with Gasteiger partial charge in [-0.25, -0.2) is 4.98 Å². The van der Waals surface area contributed by atoms with Gasteiger partial charge in [-0.15, -0.1) is 0 Å². The van der Waals surface area contributed by atoms with Crippen molar-refractivity contribution in [3.05, 3.63) is 29.7 Å². The number of benzene rings is 1. The Kier molecular flexibility index (Phi) is 7.51. The second-order valence-corrected chi connectivity index (χ2v) is 8.62. The molecule has 190 valence electrons. The maximum absolute atomic E-state index is 13.3. The molecule has 2 fully saturated rings. The molecule has 1 saturated carbocycles. The van der Waals surface area contributed by atoms with E-state index in [2.05, 4.69) is 15.0 Å². The van der Waals surface area contributed by atoms with Crippen molar-refractivity contribution in [2.75, 3.05) is 26.2 Å². The number of ether oxygens (including phenoxy) is 3. The highest BCUT2D eigenvalue weighted by atomic mass is 19.3. The van der Waals surface area contributed by atoms with Crippen molar-refractivity contribution >= 4 is 11.9 Å². The average Bonchev–Trinajstić information content (AvgIpc) is 3.52. The summed E-state index contributed by atoms with van der Waals surface area (Å²) in [6, 6.07) is 3.69. The molecule has 0 radical (unpaired) electrons. The molecule has 1 aromatic heterocycles. The van der Waals surface area contributed by atoms with Gasteiger partial charge in [-0.05, 0) is 43.9 Å². The van der Waals surface area contributed by atoms with Crippen LogP contribution in [0.25, 0.3) is 11.5 Å². The summed E-state index contributed by atoms with van der Waals surface area (Å²) in [7, 11) is 0. The van der Waals surface area contributed by atoms with E-state index in [1.807, 2.05) is 0 Å². The van der Waals surface area contributed by atoms with Gasteiger partial charge in [0.25, 0.3) is 5.91 Å². The van der Waals surface area contributed by atoms with Gasteiger partial charge in [-0.1, -0.05) is 0 Å². The van der Waals surface area contributed by atoms with Crippen LogP contribution in [0.3, 0.4) is 0 Å². The smallest absolute Gasteiger partial charge is 0.387 e. The molecule has 2 heterocycles. The lowest BCUT2D eigenvalue weighted by Gasteiger charge is -2.32. The topological polar surface area (TPSA) is 129 Å². The number of hydrogen-bond donors (Lipinski definition) is 2. The zero-order valence-electron chi connectivity index (χ0n) is 19.5. The fourth-order valence-electron chi connectivity index (χ4n) is 3.69. The molecule has 1 aliphatic heterocycles. The van der Waals surface area contributed by atoms with E-state index in [0.29, 0.717) is 31.2 Å². The predicted molar refractivity (Wildman–Crippen MR) is 119 cm³/mol. The van der Waals surface area contributed by atoms with Crippen LogP contribution >= 0.6 is 0 Å². The van der Waals surface area contributed by atoms with E-state index < -0.39 is 30.8 Å². The molecule has 3 N–H and O–H groups in total. The lowest BCUT2D eigenvalue weighted by Crippen LogP contribution is -2.54. The lowest BCUT2D eigenvalue weighted by atomic mass is 10.2. The molecule has 1 aliphatic carbocycles. The van der Waals surface area contributed by atoms with Crippen molar-refractivity contribution < 1.29 is 37.0 Å². The molecule has 35 heavy (non-hydrogen) atoms. The van der Waals surface area contributed by atoms with Crippen LogP contribution in [0.1, 0.15) is 49.0 Å². The number of carbonyl (C=O) groups is 2. The largest absolute Gasteiger partial charge is 0.489 e. The first-order valence-electron chi connectivity index (χ1n) is 11.4. The van der Waals surface area contributed by atoms with Crippen LogP contribution in [0.4, 0.5) is 8.78 Å². The van der Waals surface area contributed by atoms with Crippen LogP contribution in [0.5, 0.6) is 11.5 Å². The number of hydrogen-bond acceptors (Lipinski definition) is 9. The van der Waals surface area contributed by atoms with Crippen molar-refractivity contribution in [2.24, 2.45) is 11.7 Å². The fourth-order valence-corrected chi connectivity index (χ4v) is 3.69. The second-order valence-electron chi connectivity index (χ2n) is 8.62. The molecule has 1 unspecified atom stereocenters. The Hall–Kier alpha value is -3.25. The number of halogens is 2. The van der Waals surface area contributed by atoms with E-state index in [0.717, 1.165) is 12.8 Å². The molecular formula is C23H28F2N4O6. The number of aromatic nitrogens is 1. The van der Waals surface area contributed by atoms with Crippen LogP contribution in [-0.4, -0.2) is 60.8 Å². The monoisotopic (exact) mass is 494 g/mol. The van der Waals surface area contributed by atoms with E-state index in [1.165, 1.54) is 30.0 Å². The second kappa shape index (κ2) is 10.6. The number of amides is 1. The molecule has 0 bridgehead atoms. The summed E-state index contributed by atoms with van der Waals surface area (Å²) >= 11 is 0. The maximum Gasteiger partial charge on any atom is 0.387 e. The quantitative estimate of drug-likeness (QED) is 0.506. The van der Waals surface area contributed by atoms with Crippen molar-refractivity contribution in [1.82, 2.24) is 15.2 Å². The van der Waals surface area contributed by atoms with Gasteiger partial charge in [0.15, 0.2) is 29.2 Å². The SMILES string of the molecule is CC(=O)OC1CN(C(=O)c2nc(-c3ccc(OC(F)F)c(OCC4CC4)c3)oc2[C@H](C)N)CCN1. The summed E-state index contributed by atoms with van der Waals surface area (Å²) in [5.41, 5.74) is 6.50. The molecule has 2 atom stereocenters. The predicted octanol–water partition coefficient (Wildman–Crippen LogP) is 2.69. The van der Waals surface area contributed by atoms with E-state index in [9.17, 15) is 18.4 Å². The summed E-state index contributed by atoms with van der Waals surface area (Å²) in [6.07, 6.45) is 1.42. The molecule has 4 rings (SSSR count). The van der Waals surface area contributed by atoms with E-state index >= 15 is 0 Å². The summed E-state index contributed by atoms with van der Waals surface area (Å²) in [6.45, 7) is 1.26. The molecule has 10 nitrogen and oxygen atoms in total. The zero-order chi connectivity index (χ0) is 25.1. The van der Waals surface area contributed by atoms with E-state index in [1.54, 1.807) is 6.92 Å². The Morgan fingerprint density at radius 1 is 1.31 bits per heavy atom. The highest BCUT2D eigenvalue weighted by molar-refractivity contribution is 5.94. The molecule has 1 aromatic carbocycles. The third-order valence-corrected chi connectivity index (χ3v) is 5.58. The van der Waals surface area contributed by atoms with Crippen LogP contribution < -0.4 is 20.5 Å². The first kappa shape index (κ1) is 24.9. The Morgan fingerprint density at radius 3 is 2.74 bits per heavy atom. The summed E-state index contributed by atoms with van der Waals surface area (Å²) in [5, 5.41) is 3.02. The van der Waals surface area contributed by atoms with Gasteiger partial charge in [-0.2, -0.15) is 8.78 Å². The van der Waals surface area contributed by atoms with Gasteiger partial charge in [-0.3, -0.25) is 14.9 Å². The van der Waals surface area contributed by atoms with Crippen molar-refractivity contribution in [1.29, 1.82) is 0 Å². The van der Waals surface area contributed by atoms with Crippen molar-refractivity contribution in [3.63, 3.8) is 0 Å². The number of rotatable bonds is 9. The zero-order valence-corrected chi connectivity index (χ0v) is 19.5. The number of alkyl halides is 2. The van der Waals surface area contributed by atoms with Crippen molar-refractivity contribution in [2.45, 2.75) is 45.6 Å². The van der Waals surface area contributed by atoms with Crippen LogP contribution in [0.15, 0.2) is 22.6 Å². The number of nitrogens with two attached hydrogens (primary N) is 1. The van der Waals surface area contributed by atoms with Gasteiger partial charge in [0.05, 0.1) is 19.2 Å². The highest BCUT2D eigenvalue weighted by Crippen LogP contribution is 2.37. The summed E-state index contributed by atoms with van der Waals surface area (Å²) in [4.78, 5) is 30.5.